The topological polar surface area (TPSA) is 40.5 Å². The maximum absolute atomic E-state index is 11.6. The Hall–Kier alpha value is -0.570. The van der Waals surface area contributed by atoms with Crippen LogP contribution in [0.4, 0.5) is 0 Å². The number of aliphatic hydroxyl groups is 1. The minimum absolute atomic E-state index is 0.0393. The van der Waals surface area contributed by atoms with Crippen LogP contribution in [0.25, 0.3) is 0 Å². The molecule has 0 bridgehead atoms. The molecule has 0 aromatic heterocycles. The first-order valence-electron chi connectivity index (χ1n) is 5.28. The van der Waals surface area contributed by atoms with E-state index in [-0.39, 0.29) is 17.7 Å². The van der Waals surface area contributed by atoms with Gasteiger partial charge in [0.25, 0.3) is 0 Å². The van der Waals surface area contributed by atoms with Gasteiger partial charge in [-0.1, -0.05) is 20.8 Å². The molecule has 1 unspecified atom stereocenters. The van der Waals surface area contributed by atoms with Crippen molar-refractivity contribution in [2.24, 2.45) is 5.41 Å². The Balaban J connectivity index is 4.18. The van der Waals surface area contributed by atoms with Crippen LogP contribution < -0.4 is 0 Å². The molecule has 0 aromatic rings. The van der Waals surface area contributed by atoms with Crippen LogP contribution in [-0.4, -0.2) is 35.1 Å². The summed E-state index contributed by atoms with van der Waals surface area (Å²) >= 11 is 0. The normalized spacial score (nSPS) is 13.9. The Morgan fingerprint density at radius 1 is 1.29 bits per heavy atom. The molecular weight excluding hydrogens is 178 g/mol. The minimum atomic E-state index is -0.560. The number of amides is 1. The summed E-state index contributed by atoms with van der Waals surface area (Å²) in [4.78, 5) is 13.4. The third-order valence-electron chi connectivity index (χ3n) is 2.48. The SMILES string of the molecule is CCN(CC)C(=O)CC(O)C(C)(C)C. The number of rotatable bonds is 4. The molecule has 0 aliphatic rings. The Morgan fingerprint density at radius 2 is 1.71 bits per heavy atom. The number of aliphatic hydroxyl groups excluding tert-OH is 1. The third-order valence-corrected chi connectivity index (χ3v) is 2.48. The molecule has 0 spiro atoms. The monoisotopic (exact) mass is 201 g/mol. The molecule has 0 aromatic carbocycles. The Kier molecular flexibility index (Phi) is 5.13. The van der Waals surface area contributed by atoms with Crippen molar-refractivity contribution in [3.63, 3.8) is 0 Å². The molecule has 0 rings (SSSR count). The van der Waals surface area contributed by atoms with E-state index in [0.717, 1.165) is 0 Å². The molecule has 0 heterocycles. The zero-order valence-electron chi connectivity index (χ0n) is 10.0. The molecule has 3 heteroatoms. The molecule has 1 N–H and O–H groups in total. The second-order valence-electron chi connectivity index (χ2n) is 4.65. The van der Waals surface area contributed by atoms with Crippen molar-refractivity contribution in [3.8, 4) is 0 Å². The van der Waals surface area contributed by atoms with Crippen molar-refractivity contribution in [1.29, 1.82) is 0 Å². The van der Waals surface area contributed by atoms with Crippen molar-refractivity contribution in [2.75, 3.05) is 13.1 Å². The van der Waals surface area contributed by atoms with Crippen molar-refractivity contribution >= 4 is 5.91 Å². The van der Waals surface area contributed by atoms with Gasteiger partial charge in [0.05, 0.1) is 12.5 Å². The van der Waals surface area contributed by atoms with Crippen LogP contribution in [0.1, 0.15) is 41.0 Å². The van der Waals surface area contributed by atoms with Crippen molar-refractivity contribution in [3.05, 3.63) is 0 Å². The van der Waals surface area contributed by atoms with Gasteiger partial charge in [0.2, 0.25) is 5.91 Å². The van der Waals surface area contributed by atoms with Gasteiger partial charge in [-0.05, 0) is 19.3 Å². The van der Waals surface area contributed by atoms with Gasteiger partial charge in [-0.2, -0.15) is 0 Å². The first-order chi connectivity index (χ1) is 6.32. The smallest absolute Gasteiger partial charge is 0.225 e. The van der Waals surface area contributed by atoms with Gasteiger partial charge in [-0.15, -0.1) is 0 Å². The lowest BCUT2D eigenvalue weighted by molar-refractivity contribution is -0.134. The molecule has 0 saturated carbocycles. The zero-order chi connectivity index (χ0) is 11.4. The molecule has 1 amide bonds. The standard InChI is InChI=1S/C11H23NO2/c1-6-12(7-2)10(14)8-9(13)11(3,4)5/h9,13H,6-8H2,1-5H3. The van der Waals surface area contributed by atoms with Crippen LogP contribution in [0.15, 0.2) is 0 Å². The van der Waals surface area contributed by atoms with Crippen LogP contribution in [0.5, 0.6) is 0 Å². The lowest BCUT2D eigenvalue weighted by atomic mass is 9.87. The van der Waals surface area contributed by atoms with E-state index in [2.05, 4.69) is 0 Å². The molecule has 1 atom stereocenters. The van der Waals surface area contributed by atoms with Gasteiger partial charge in [0.15, 0.2) is 0 Å². The lowest BCUT2D eigenvalue weighted by Crippen LogP contribution is -2.37. The van der Waals surface area contributed by atoms with E-state index in [1.807, 2.05) is 34.6 Å². The molecular formula is C11H23NO2. The minimum Gasteiger partial charge on any atom is -0.392 e. The summed E-state index contributed by atoms with van der Waals surface area (Å²) in [7, 11) is 0. The number of carbonyl (C=O) groups excluding carboxylic acids is 1. The van der Waals surface area contributed by atoms with E-state index in [4.69, 9.17) is 0 Å². The van der Waals surface area contributed by atoms with E-state index < -0.39 is 6.10 Å². The number of carbonyl (C=O) groups is 1. The fourth-order valence-electron chi connectivity index (χ4n) is 1.18. The molecule has 0 aliphatic carbocycles. The number of nitrogens with zero attached hydrogens (tertiary/aromatic N) is 1. The van der Waals surface area contributed by atoms with Crippen LogP contribution in [0.2, 0.25) is 0 Å². The van der Waals surface area contributed by atoms with E-state index >= 15 is 0 Å². The number of hydrogen-bond acceptors (Lipinski definition) is 2. The molecule has 84 valence electrons. The van der Waals surface area contributed by atoms with Gasteiger partial charge in [-0.25, -0.2) is 0 Å². The molecule has 0 fully saturated rings. The molecule has 14 heavy (non-hydrogen) atoms. The molecule has 0 saturated heterocycles. The summed E-state index contributed by atoms with van der Waals surface area (Å²) in [6, 6.07) is 0. The summed E-state index contributed by atoms with van der Waals surface area (Å²) in [5.74, 6) is 0.0393. The molecule has 0 aliphatic heterocycles. The lowest BCUT2D eigenvalue weighted by Gasteiger charge is -2.27. The molecule has 0 radical (unpaired) electrons. The largest absolute Gasteiger partial charge is 0.392 e. The number of hydrogen-bond donors (Lipinski definition) is 1. The second-order valence-corrected chi connectivity index (χ2v) is 4.65. The van der Waals surface area contributed by atoms with Crippen molar-refractivity contribution < 1.29 is 9.90 Å². The van der Waals surface area contributed by atoms with Crippen LogP contribution >= 0.6 is 0 Å². The van der Waals surface area contributed by atoms with Crippen LogP contribution in [0.3, 0.4) is 0 Å². The highest BCUT2D eigenvalue weighted by atomic mass is 16.3. The summed E-state index contributed by atoms with van der Waals surface area (Å²) in [5.41, 5.74) is -0.219. The van der Waals surface area contributed by atoms with Gasteiger partial charge in [0, 0.05) is 13.1 Å². The summed E-state index contributed by atoms with van der Waals surface area (Å²) in [6.07, 6.45) is -0.332. The quantitative estimate of drug-likeness (QED) is 0.751. The van der Waals surface area contributed by atoms with E-state index in [1.54, 1.807) is 4.90 Å². The van der Waals surface area contributed by atoms with Gasteiger partial charge >= 0.3 is 0 Å². The predicted molar refractivity (Wildman–Crippen MR) is 58.0 cm³/mol. The van der Waals surface area contributed by atoms with Crippen molar-refractivity contribution in [1.82, 2.24) is 4.90 Å². The first-order valence-corrected chi connectivity index (χ1v) is 5.28. The maximum atomic E-state index is 11.6. The van der Waals surface area contributed by atoms with E-state index in [9.17, 15) is 9.90 Å². The van der Waals surface area contributed by atoms with Crippen molar-refractivity contribution in [2.45, 2.75) is 47.1 Å². The Morgan fingerprint density at radius 3 is 2.00 bits per heavy atom. The average Bonchev–Trinajstić information content (AvgIpc) is 2.04. The summed E-state index contributed by atoms with van der Waals surface area (Å²) in [5, 5.41) is 9.75. The average molecular weight is 201 g/mol. The summed E-state index contributed by atoms with van der Waals surface area (Å²) in [6.45, 7) is 11.1. The third kappa shape index (κ3) is 4.09. The highest BCUT2D eigenvalue weighted by molar-refractivity contribution is 5.76. The van der Waals surface area contributed by atoms with Crippen LogP contribution in [0, 0.1) is 5.41 Å². The highest BCUT2D eigenvalue weighted by Crippen LogP contribution is 2.22. The Bertz CT molecular complexity index is 180. The van der Waals surface area contributed by atoms with Gasteiger partial charge in [0.1, 0.15) is 0 Å². The van der Waals surface area contributed by atoms with E-state index in [1.165, 1.54) is 0 Å². The van der Waals surface area contributed by atoms with Gasteiger partial charge < -0.3 is 10.0 Å². The fourth-order valence-corrected chi connectivity index (χ4v) is 1.18. The zero-order valence-corrected chi connectivity index (χ0v) is 10.0. The van der Waals surface area contributed by atoms with Gasteiger partial charge in [-0.3, -0.25) is 4.79 Å². The van der Waals surface area contributed by atoms with E-state index in [0.29, 0.717) is 13.1 Å². The fraction of sp³-hybridized carbons (Fsp3) is 0.909. The highest BCUT2D eigenvalue weighted by Gasteiger charge is 2.25. The summed E-state index contributed by atoms with van der Waals surface area (Å²) < 4.78 is 0. The van der Waals surface area contributed by atoms with Crippen LogP contribution in [-0.2, 0) is 4.79 Å². The Labute approximate surface area is 87.1 Å². The maximum Gasteiger partial charge on any atom is 0.225 e. The second kappa shape index (κ2) is 5.35. The first kappa shape index (κ1) is 13.4. The predicted octanol–water partition coefficient (Wildman–Crippen LogP) is 1.65. The molecule has 3 nitrogen and oxygen atoms in total.